The largest absolute Gasteiger partial charge is 0.497 e. The highest BCUT2D eigenvalue weighted by molar-refractivity contribution is 6.30. The van der Waals surface area contributed by atoms with Crippen LogP contribution in [0, 0.1) is 22.7 Å². The lowest BCUT2D eigenvalue weighted by Crippen LogP contribution is -2.38. The first kappa shape index (κ1) is 23.0. The van der Waals surface area contributed by atoms with Gasteiger partial charge in [0.2, 0.25) is 11.6 Å². The number of nitrogens with two attached hydrogens (primary N) is 1. The van der Waals surface area contributed by atoms with E-state index in [1.165, 1.54) is 0 Å². The summed E-state index contributed by atoms with van der Waals surface area (Å²) >= 11 is 6.17. The van der Waals surface area contributed by atoms with Crippen molar-refractivity contribution in [1.29, 1.82) is 10.5 Å². The van der Waals surface area contributed by atoms with Crippen molar-refractivity contribution in [2.45, 2.75) is 12.0 Å². The number of anilines is 1. The average Bonchev–Trinajstić information content (AvgIpc) is 2.92. The number of rotatable bonds is 4. The van der Waals surface area contributed by atoms with Crippen molar-refractivity contribution in [2.24, 2.45) is 10.8 Å². The fourth-order valence-corrected chi connectivity index (χ4v) is 4.68. The van der Waals surface area contributed by atoms with Crippen molar-refractivity contribution < 1.29 is 9.47 Å². The zero-order valence-electron chi connectivity index (χ0n) is 19.2. The zero-order valence-corrected chi connectivity index (χ0v) is 20.0. The number of hydrazone groups is 1. The van der Waals surface area contributed by atoms with Crippen LogP contribution in [0.15, 0.2) is 107 Å². The lowest BCUT2D eigenvalue weighted by molar-refractivity contribution is 0.293. The van der Waals surface area contributed by atoms with Crippen molar-refractivity contribution in [2.75, 3.05) is 12.1 Å². The topological polar surface area (TPSA) is 108 Å². The van der Waals surface area contributed by atoms with Gasteiger partial charge in [-0.1, -0.05) is 54.1 Å². The second-order valence-electron chi connectivity index (χ2n) is 8.18. The SMILES string of the molecule is COc1ccc(N2N=C(C#N)C3=C(C(c4ccc(Cl)cc4)C(C#N)=C(N)O3)C2c2ccccc2)cc1. The molecule has 2 heterocycles. The zero-order chi connectivity index (χ0) is 25.2. The van der Waals surface area contributed by atoms with E-state index in [4.69, 9.17) is 26.8 Å². The molecule has 2 atom stereocenters. The molecule has 8 heteroatoms. The second kappa shape index (κ2) is 9.50. The maximum absolute atomic E-state index is 10.1. The molecular weight excluding hydrogens is 474 g/mol. The Morgan fingerprint density at radius 3 is 2.25 bits per heavy atom. The maximum atomic E-state index is 10.1. The van der Waals surface area contributed by atoms with E-state index in [-0.39, 0.29) is 22.9 Å². The van der Waals surface area contributed by atoms with E-state index in [1.54, 1.807) is 24.3 Å². The van der Waals surface area contributed by atoms with Crippen molar-refractivity contribution in [3.05, 3.63) is 118 Å². The normalized spacial score (nSPS) is 19.0. The van der Waals surface area contributed by atoms with E-state index in [0.29, 0.717) is 16.3 Å². The minimum absolute atomic E-state index is 0.0520. The second-order valence-corrected chi connectivity index (χ2v) is 8.61. The number of ether oxygens (including phenoxy) is 2. The van der Waals surface area contributed by atoms with Crippen LogP contribution < -0.4 is 15.5 Å². The van der Waals surface area contributed by atoms with Gasteiger partial charge in [0, 0.05) is 10.6 Å². The molecule has 2 unspecified atom stereocenters. The predicted octanol–water partition coefficient (Wildman–Crippen LogP) is 5.55. The summed E-state index contributed by atoms with van der Waals surface area (Å²) in [4.78, 5) is 0. The highest BCUT2D eigenvalue weighted by atomic mass is 35.5. The molecular formula is C28H20ClN5O2. The van der Waals surface area contributed by atoms with E-state index in [9.17, 15) is 10.5 Å². The Bertz CT molecular complexity index is 1480. The Hall–Kier alpha value is -4.72. The summed E-state index contributed by atoms with van der Waals surface area (Å²) < 4.78 is 11.3. The van der Waals surface area contributed by atoms with Crippen LogP contribution in [-0.2, 0) is 4.74 Å². The van der Waals surface area contributed by atoms with Gasteiger partial charge in [-0.25, -0.2) is 0 Å². The molecule has 0 aromatic heterocycles. The average molecular weight is 494 g/mol. The summed E-state index contributed by atoms with van der Waals surface area (Å²) in [5.74, 6) is 0.316. The Balaban J connectivity index is 1.78. The van der Waals surface area contributed by atoms with Crippen molar-refractivity contribution in [3.8, 4) is 17.9 Å². The molecule has 36 heavy (non-hydrogen) atoms. The van der Waals surface area contributed by atoms with E-state index in [1.807, 2.05) is 66.7 Å². The molecule has 0 bridgehead atoms. The molecule has 5 rings (SSSR count). The molecule has 176 valence electrons. The third-order valence-corrected chi connectivity index (χ3v) is 6.44. The van der Waals surface area contributed by atoms with Gasteiger partial charge in [0.1, 0.15) is 29.5 Å². The highest BCUT2D eigenvalue weighted by Gasteiger charge is 2.44. The Kier molecular flexibility index (Phi) is 6.08. The molecule has 3 aromatic rings. The number of methoxy groups -OCH3 is 1. The first-order valence-electron chi connectivity index (χ1n) is 11.1. The number of allylic oxidation sites excluding steroid dienone is 2. The fraction of sp³-hybridized carbons (Fsp3) is 0.107. The number of nitrogens with zero attached hydrogens (tertiary/aromatic N) is 4. The summed E-state index contributed by atoms with van der Waals surface area (Å²) in [6.07, 6.45) is 0. The van der Waals surface area contributed by atoms with E-state index < -0.39 is 12.0 Å². The quantitative estimate of drug-likeness (QED) is 0.510. The van der Waals surface area contributed by atoms with Gasteiger partial charge in [0.25, 0.3) is 0 Å². The molecule has 3 aromatic carbocycles. The molecule has 0 saturated heterocycles. The summed E-state index contributed by atoms with van der Waals surface area (Å²) in [7, 11) is 1.60. The van der Waals surface area contributed by atoms with Crippen LogP contribution in [0.5, 0.6) is 5.75 Å². The Morgan fingerprint density at radius 1 is 0.944 bits per heavy atom. The van der Waals surface area contributed by atoms with Gasteiger partial charge in [-0.2, -0.15) is 15.6 Å². The Labute approximate surface area is 213 Å². The Morgan fingerprint density at radius 2 is 1.64 bits per heavy atom. The number of halogens is 1. The standard InChI is InChI=1S/C28H20ClN5O2/c1-35-21-13-11-20(12-14-21)34-26(18-5-3-2-4-6-18)25-24(17-7-9-19(29)10-8-17)22(15-30)28(32)36-27(25)23(16-31)33-34/h2-14,24,26H,32H2,1H3. The van der Waals surface area contributed by atoms with Crippen molar-refractivity contribution in [3.63, 3.8) is 0 Å². The van der Waals surface area contributed by atoms with Crippen LogP contribution in [0.1, 0.15) is 23.1 Å². The van der Waals surface area contributed by atoms with E-state index >= 15 is 0 Å². The van der Waals surface area contributed by atoms with E-state index in [0.717, 1.165) is 16.8 Å². The summed E-state index contributed by atoms with van der Waals surface area (Å²) in [5, 5.41) is 27.2. The molecule has 0 saturated carbocycles. The molecule has 0 spiro atoms. The van der Waals surface area contributed by atoms with Gasteiger partial charge in [0.15, 0.2) is 5.76 Å². The molecule has 0 radical (unpaired) electrons. The molecule has 0 aliphatic carbocycles. The lowest BCUT2D eigenvalue weighted by atomic mass is 9.76. The third-order valence-electron chi connectivity index (χ3n) is 6.18. The van der Waals surface area contributed by atoms with Gasteiger partial charge in [0.05, 0.1) is 18.7 Å². The molecule has 2 N–H and O–H groups in total. The predicted molar refractivity (Wildman–Crippen MR) is 137 cm³/mol. The smallest absolute Gasteiger partial charge is 0.205 e. The highest BCUT2D eigenvalue weighted by Crippen LogP contribution is 2.50. The molecule has 2 aliphatic heterocycles. The first-order chi connectivity index (χ1) is 17.5. The number of benzene rings is 3. The fourth-order valence-electron chi connectivity index (χ4n) is 4.55. The summed E-state index contributed by atoms with van der Waals surface area (Å²) in [6.45, 7) is 0. The summed E-state index contributed by atoms with van der Waals surface area (Å²) in [5.41, 5.74) is 9.66. The van der Waals surface area contributed by atoms with E-state index in [2.05, 4.69) is 17.2 Å². The molecule has 0 amide bonds. The van der Waals surface area contributed by atoms with Crippen LogP contribution in [-0.4, -0.2) is 12.8 Å². The minimum Gasteiger partial charge on any atom is -0.497 e. The number of hydrogen-bond acceptors (Lipinski definition) is 7. The van der Waals surface area contributed by atoms with Gasteiger partial charge in [-0.05, 0) is 47.5 Å². The van der Waals surface area contributed by atoms with Crippen LogP contribution >= 0.6 is 11.6 Å². The number of nitriles is 2. The van der Waals surface area contributed by atoms with Crippen LogP contribution in [0.2, 0.25) is 5.02 Å². The van der Waals surface area contributed by atoms with Crippen molar-refractivity contribution in [1.82, 2.24) is 0 Å². The monoisotopic (exact) mass is 493 g/mol. The molecule has 2 aliphatic rings. The van der Waals surface area contributed by atoms with Gasteiger partial charge in [-0.15, -0.1) is 0 Å². The minimum atomic E-state index is -0.583. The van der Waals surface area contributed by atoms with Gasteiger partial charge >= 0.3 is 0 Å². The molecule has 7 nitrogen and oxygen atoms in total. The van der Waals surface area contributed by atoms with Gasteiger partial charge < -0.3 is 15.2 Å². The lowest BCUT2D eigenvalue weighted by Gasteiger charge is -2.41. The van der Waals surface area contributed by atoms with Crippen LogP contribution in [0.25, 0.3) is 0 Å². The summed E-state index contributed by atoms with van der Waals surface area (Å²) in [6, 6.07) is 28.3. The maximum Gasteiger partial charge on any atom is 0.205 e. The number of hydrogen-bond donors (Lipinski definition) is 1. The first-order valence-corrected chi connectivity index (χ1v) is 11.5. The molecule has 0 fully saturated rings. The third kappa shape index (κ3) is 3.92. The van der Waals surface area contributed by atoms with Crippen molar-refractivity contribution >= 4 is 23.0 Å². The van der Waals surface area contributed by atoms with Crippen LogP contribution in [0.3, 0.4) is 0 Å². The van der Waals surface area contributed by atoms with Crippen LogP contribution in [0.4, 0.5) is 5.69 Å². The van der Waals surface area contributed by atoms with Gasteiger partial charge in [-0.3, -0.25) is 5.01 Å².